The van der Waals surface area contributed by atoms with Crippen LogP contribution in [-0.4, -0.2) is 28.1 Å². The van der Waals surface area contributed by atoms with E-state index in [9.17, 15) is 14.7 Å². The first-order valence-electron chi connectivity index (χ1n) is 10.6. The number of nitrogens with one attached hydrogen (secondary N) is 2. The van der Waals surface area contributed by atoms with E-state index >= 15 is 0 Å². The number of carbonyl (C=O) groups excluding carboxylic acids is 1. The maximum Gasteiger partial charge on any atom is 0.404 e. The number of pyridine rings is 1. The number of amides is 2. The molecule has 0 saturated heterocycles. The fourth-order valence-electron chi connectivity index (χ4n) is 3.81. The summed E-state index contributed by atoms with van der Waals surface area (Å²) in [5.74, 6) is -0.812. The molecule has 3 N–H and O–H groups in total. The standard InChI is InChI=1S/C26H29N3O3/c1-26(2,3)23(29-25(31)32)22(17-18-7-5-4-6-8-18)24(30)28-21-11-9-19(10-12-21)20-13-15-27-16-14-20/h4-16,22-23,29H,17H2,1-3H3,(H,28,30)(H,31,32)/t22-,23?/m0/s1. The van der Waals surface area contributed by atoms with E-state index in [1.807, 2.05) is 87.5 Å². The Hall–Kier alpha value is -3.67. The molecule has 0 saturated carbocycles. The van der Waals surface area contributed by atoms with Gasteiger partial charge in [0.05, 0.1) is 5.92 Å². The first-order chi connectivity index (χ1) is 15.2. The first-order valence-corrected chi connectivity index (χ1v) is 10.6. The van der Waals surface area contributed by atoms with Crippen molar-refractivity contribution in [2.45, 2.75) is 33.2 Å². The molecule has 6 heteroatoms. The van der Waals surface area contributed by atoms with Crippen LogP contribution >= 0.6 is 0 Å². The van der Waals surface area contributed by atoms with Gasteiger partial charge in [0.1, 0.15) is 0 Å². The van der Waals surface area contributed by atoms with Gasteiger partial charge in [-0.2, -0.15) is 0 Å². The van der Waals surface area contributed by atoms with E-state index in [4.69, 9.17) is 0 Å². The van der Waals surface area contributed by atoms with E-state index in [0.717, 1.165) is 16.7 Å². The number of benzene rings is 2. The topological polar surface area (TPSA) is 91.3 Å². The Morgan fingerprint density at radius 1 is 0.906 bits per heavy atom. The summed E-state index contributed by atoms with van der Waals surface area (Å²) in [5, 5.41) is 15.0. The normalized spacial score (nSPS) is 13.1. The lowest BCUT2D eigenvalue weighted by molar-refractivity contribution is -0.121. The molecule has 0 aliphatic heterocycles. The highest BCUT2D eigenvalue weighted by Crippen LogP contribution is 2.29. The Labute approximate surface area is 188 Å². The molecule has 0 spiro atoms. The summed E-state index contributed by atoms with van der Waals surface area (Å²) in [4.78, 5) is 28.9. The molecule has 2 aromatic carbocycles. The average Bonchev–Trinajstić information content (AvgIpc) is 2.77. The van der Waals surface area contributed by atoms with Gasteiger partial charge < -0.3 is 15.7 Å². The van der Waals surface area contributed by atoms with Crippen LogP contribution in [-0.2, 0) is 11.2 Å². The van der Waals surface area contributed by atoms with Gasteiger partial charge >= 0.3 is 6.09 Å². The smallest absolute Gasteiger partial charge is 0.404 e. The lowest BCUT2D eigenvalue weighted by Crippen LogP contribution is -2.52. The van der Waals surface area contributed by atoms with E-state index in [0.29, 0.717) is 12.1 Å². The zero-order valence-electron chi connectivity index (χ0n) is 18.6. The van der Waals surface area contributed by atoms with E-state index in [1.54, 1.807) is 12.4 Å². The lowest BCUT2D eigenvalue weighted by Gasteiger charge is -2.36. The van der Waals surface area contributed by atoms with Crippen LogP contribution in [0.15, 0.2) is 79.1 Å². The molecule has 1 unspecified atom stereocenters. The summed E-state index contributed by atoms with van der Waals surface area (Å²) >= 11 is 0. The van der Waals surface area contributed by atoms with Crippen LogP contribution < -0.4 is 10.6 Å². The quantitative estimate of drug-likeness (QED) is 0.478. The van der Waals surface area contributed by atoms with Crippen LogP contribution in [0.5, 0.6) is 0 Å². The summed E-state index contributed by atoms with van der Waals surface area (Å²) in [7, 11) is 0. The minimum atomic E-state index is -1.14. The molecule has 1 heterocycles. The van der Waals surface area contributed by atoms with Crippen molar-refractivity contribution in [1.82, 2.24) is 10.3 Å². The van der Waals surface area contributed by atoms with Crippen molar-refractivity contribution >= 4 is 17.7 Å². The molecule has 3 rings (SSSR count). The van der Waals surface area contributed by atoms with Crippen LogP contribution in [0.3, 0.4) is 0 Å². The van der Waals surface area contributed by atoms with Crippen molar-refractivity contribution in [2.24, 2.45) is 11.3 Å². The van der Waals surface area contributed by atoms with Gasteiger partial charge in [-0.1, -0.05) is 63.2 Å². The number of carbonyl (C=O) groups is 2. The van der Waals surface area contributed by atoms with Gasteiger partial charge in [-0.05, 0) is 52.8 Å². The molecule has 32 heavy (non-hydrogen) atoms. The van der Waals surface area contributed by atoms with Gasteiger partial charge in [0.25, 0.3) is 0 Å². The van der Waals surface area contributed by atoms with Crippen LogP contribution in [0.1, 0.15) is 26.3 Å². The Kier molecular flexibility index (Phi) is 7.25. The van der Waals surface area contributed by atoms with E-state index in [-0.39, 0.29) is 5.91 Å². The minimum absolute atomic E-state index is 0.223. The summed E-state index contributed by atoms with van der Waals surface area (Å²) in [6.45, 7) is 5.80. The van der Waals surface area contributed by atoms with Crippen LogP contribution in [0.4, 0.5) is 10.5 Å². The largest absolute Gasteiger partial charge is 0.465 e. The molecule has 0 bridgehead atoms. The molecule has 0 aliphatic carbocycles. The van der Waals surface area contributed by atoms with Gasteiger partial charge in [0.15, 0.2) is 0 Å². The predicted octanol–water partition coefficient (Wildman–Crippen LogP) is 5.23. The van der Waals surface area contributed by atoms with Crippen LogP contribution in [0, 0.1) is 11.3 Å². The predicted molar refractivity (Wildman–Crippen MR) is 126 cm³/mol. The summed E-state index contributed by atoms with van der Waals surface area (Å²) in [6.07, 6.45) is 2.75. The van der Waals surface area contributed by atoms with E-state index < -0.39 is 23.5 Å². The van der Waals surface area contributed by atoms with Gasteiger partial charge in [-0.15, -0.1) is 0 Å². The molecule has 6 nitrogen and oxygen atoms in total. The third kappa shape index (κ3) is 6.17. The first kappa shape index (κ1) is 23.0. The monoisotopic (exact) mass is 431 g/mol. The van der Waals surface area contributed by atoms with E-state index in [1.165, 1.54) is 0 Å². The molecule has 0 fully saturated rings. The fraction of sp³-hybridized carbons (Fsp3) is 0.269. The summed E-state index contributed by atoms with van der Waals surface area (Å²) in [5.41, 5.74) is 3.24. The van der Waals surface area contributed by atoms with Crippen molar-refractivity contribution < 1.29 is 14.7 Å². The highest BCUT2D eigenvalue weighted by molar-refractivity contribution is 5.93. The molecule has 2 amide bonds. The second kappa shape index (κ2) is 10.1. The molecule has 166 valence electrons. The maximum absolute atomic E-state index is 13.4. The van der Waals surface area contributed by atoms with Crippen molar-refractivity contribution in [3.63, 3.8) is 0 Å². The van der Waals surface area contributed by atoms with Crippen LogP contribution in [0.25, 0.3) is 11.1 Å². The number of aromatic nitrogens is 1. The van der Waals surface area contributed by atoms with Crippen molar-refractivity contribution in [3.05, 3.63) is 84.7 Å². The molecular weight excluding hydrogens is 402 g/mol. The average molecular weight is 432 g/mol. The Bertz CT molecular complexity index is 1030. The van der Waals surface area contributed by atoms with Crippen LogP contribution in [0.2, 0.25) is 0 Å². The van der Waals surface area contributed by atoms with Crippen molar-refractivity contribution in [2.75, 3.05) is 5.32 Å². The Morgan fingerprint density at radius 3 is 2.06 bits per heavy atom. The number of rotatable bonds is 7. The van der Waals surface area contributed by atoms with Gasteiger partial charge in [0, 0.05) is 24.1 Å². The number of carboxylic acid groups (broad SMARTS) is 1. The molecule has 0 radical (unpaired) electrons. The highest BCUT2D eigenvalue weighted by Gasteiger charge is 2.38. The molecule has 0 aliphatic rings. The lowest BCUT2D eigenvalue weighted by atomic mass is 9.76. The van der Waals surface area contributed by atoms with Crippen molar-refractivity contribution in [1.29, 1.82) is 0 Å². The second-order valence-electron chi connectivity index (χ2n) is 8.89. The summed E-state index contributed by atoms with van der Waals surface area (Å²) in [6, 6.07) is 20.5. The third-order valence-corrected chi connectivity index (χ3v) is 5.42. The Balaban J connectivity index is 1.84. The molecule has 1 aromatic heterocycles. The zero-order valence-corrected chi connectivity index (χ0v) is 18.6. The van der Waals surface area contributed by atoms with Gasteiger partial charge in [-0.25, -0.2) is 4.79 Å². The number of hydrogen-bond acceptors (Lipinski definition) is 3. The highest BCUT2D eigenvalue weighted by atomic mass is 16.4. The third-order valence-electron chi connectivity index (χ3n) is 5.42. The minimum Gasteiger partial charge on any atom is -0.465 e. The number of hydrogen-bond donors (Lipinski definition) is 3. The molecular formula is C26H29N3O3. The number of nitrogens with zero attached hydrogens (tertiary/aromatic N) is 1. The summed E-state index contributed by atoms with van der Waals surface area (Å²) < 4.78 is 0. The number of anilines is 1. The molecule has 2 atom stereocenters. The van der Waals surface area contributed by atoms with Crippen molar-refractivity contribution in [3.8, 4) is 11.1 Å². The maximum atomic E-state index is 13.4. The van der Waals surface area contributed by atoms with Gasteiger partial charge in [0.2, 0.25) is 5.91 Å². The van der Waals surface area contributed by atoms with E-state index in [2.05, 4.69) is 15.6 Å². The Morgan fingerprint density at radius 2 is 1.50 bits per heavy atom. The zero-order chi connectivity index (χ0) is 23.1. The molecule has 3 aromatic rings. The second-order valence-corrected chi connectivity index (χ2v) is 8.89. The SMILES string of the molecule is CC(C)(C)C(NC(=O)O)[C@H](Cc1ccccc1)C(=O)Nc1ccc(-c2ccncc2)cc1. The van der Waals surface area contributed by atoms with Gasteiger partial charge in [-0.3, -0.25) is 9.78 Å². The fourth-order valence-corrected chi connectivity index (χ4v) is 3.81.